The van der Waals surface area contributed by atoms with Crippen LogP contribution in [0.15, 0.2) is 0 Å². The highest BCUT2D eigenvalue weighted by atomic mass is 14.4. The minimum Gasteiger partial charge on any atom is -0.0516 e. The molecule has 0 nitrogen and oxygen atoms in total. The average Bonchev–Trinajstić information content (AvgIpc) is 2.74. The largest absolute Gasteiger partial charge is 0.0516 e. The lowest BCUT2D eigenvalue weighted by Crippen LogP contribution is -2.19. The van der Waals surface area contributed by atoms with Gasteiger partial charge >= 0.3 is 0 Å². The fourth-order valence-corrected chi connectivity index (χ4v) is 4.94. The molecule has 0 aliphatic heterocycles. The topological polar surface area (TPSA) is 0 Å². The maximum atomic E-state index is 2.42. The lowest BCUT2D eigenvalue weighted by atomic mass is 9.76. The molecule has 23 heavy (non-hydrogen) atoms. The highest BCUT2D eigenvalue weighted by Crippen LogP contribution is 2.55. The van der Waals surface area contributed by atoms with Crippen molar-refractivity contribution in [3.8, 4) is 11.1 Å². The molecule has 0 heteroatoms. The highest BCUT2D eigenvalue weighted by molar-refractivity contribution is 5.89. The van der Waals surface area contributed by atoms with Crippen LogP contribution in [0.5, 0.6) is 0 Å². The summed E-state index contributed by atoms with van der Waals surface area (Å²) in [4.78, 5) is 0. The van der Waals surface area contributed by atoms with Crippen molar-refractivity contribution in [3.05, 3.63) is 55.6 Å². The highest BCUT2D eigenvalue weighted by Gasteiger charge is 2.41. The van der Waals surface area contributed by atoms with E-state index in [2.05, 4.69) is 69.2 Å². The minimum atomic E-state index is 0.0886. The Labute approximate surface area is 141 Å². The van der Waals surface area contributed by atoms with Crippen LogP contribution in [0.2, 0.25) is 0 Å². The second-order valence-corrected chi connectivity index (χ2v) is 8.12. The van der Waals surface area contributed by atoms with Crippen LogP contribution in [0, 0.1) is 55.4 Å². The van der Waals surface area contributed by atoms with Crippen LogP contribution in [0.1, 0.15) is 69.5 Å². The first kappa shape index (κ1) is 16.3. The molecule has 0 saturated carbocycles. The molecule has 0 amide bonds. The summed E-state index contributed by atoms with van der Waals surface area (Å²) in [7, 11) is 0. The summed E-state index contributed by atoms with van der Waals surface area (Å²) in [6.45, 7) is 23.2. The van der Waals surface area contributed by atoms with E-state index < -0.39 is 0 Å². The molecule has 0 unspecified atom stereocenters. The summed E-state index contributed by atoms with van der Waals surface area (Å²) in [6.07, 6.45) is 0. The van der Waals surface area contributed by atoms with Gasteiger partial charge in [0.05, 0.1) is 0 Å². The van der Waals surface area contributed by atoms with E-state index in [-0.39, 0.29) is 5.41 Å². The summed E-state index contributed by atoms with van der Waals surface area (Å²) in [5.74, 6) is 0. The Kier molecular flexibility index (Phi) is 3.35. The van der Waals surface area contributed by atoms with Crippen molar-refractivity contribution in [2.45, 2.75) is 74.7 Å². The average molecular weight is 306 g/mol. The Morgan fingerprint density at radius 3 is 0.957 bits per heavy atom. The maximum absolute atomic E-state index is 2.42. The zero-order valence-electron chi connectivity index (χ0n) is 16.5. The van der Waals surface area contributed by atoms with Crippen molar-refractivity contribution in [3.63, 3.8) is 0 Å². The van der Waals surface area contributed by atoms with Gasteiger partial charge in [-0.1, -0.05) is 13.8 Å². The Morgan fingerprint density at radius 2 is 0.652 bits per heavy atom. The molecule has 3 rings (SSSR count). The molecule has 0 fully saturated rings. The van der Waals surface area contributed by atoms with E-state index in [9.17, 15) is 0 Å². The van der Waals surface area contributed by atoms with Gasteiger partial charge in [-0.2, -0.15) is 0 Å². The van der Waals surface area contributed by atoms with E-state index >= 15 is 0 Å². The summed E-state index contributed by atoms with van der Waals surface area (Å²) >= 11 is 0. The normalized spacial score (nSPS) is 14.9. The number of benzene rings is 2. The van der Waals surface area contributed by atoms with Crippen molar-refractivity contribution < 1.29 is 0 Å². The van der Waals surface area contributed by atoms with Crippen LogP contribution in [-0.2, 0) is 5.41 Å². The Balaban J connectivity index is 2.63. The lowest BCUT2D eigenvalue weighted by Gasteiger charge is -2.28. The van der Waals surface area contributed by atoms with Gasteiger partial charge in [-0.15, -0.1) is 0 Å². The molecular weight excluding hydrogens is 276 g/mol. The number of hydrogen-bond acceptors (Lipinski definition) is 0. The fourth-order valence-electron chi connectivity index (χ4n) is 4.94. The predicted molar refractivity (Wildman–Crippen MR) is 102 cm³/mol. The van der Waals surface area contributed by atoms with Crippen molar-refractivity contribution in [1.29, 1.82) is 0 Å². The second kappa shape index (κ2) is 4.72. The zero-order valence-corrected chi connectivity index (χ0v) is 16.5. The number of hydrogen-bond donors (Lipinski definition) is 0. The van der Waals surface area contributed by atoms with E-state index in [0.717, 1.165) is 0 Å². The molecule has 1 aliphatic carbocycles. The molecule has 0 atom stereocenters. The fraction of sp³-hybridized carbons (Fsp3) is 0.478. The smallest absolute Gasteiger partial charge is 0.0164 e. The van der Waals surface area contributed by atoms with Crippen LogP contribution in [0.25, 0.3) is 11.1 Å². The number of rotatable bonds is 0. The van der Waals surface area contributed by atoms with Crippen LogP contribution >= 0.6 is 0 Å². The van der Waals surface area contributed by atoms with Crippen LogP contribution in [-0.4, -0.2) is 0 Å². The Hall–Kier alpha value is -1.56. The Bertz CT molecular complexity index is 790. The van der Waals surface area contributed by atoms with Gasteiger partial charge in [-0.25, -0.2) is 0 Å². The molecule has 0 aromatic heterocycles. The maximum Gasteiger partial charge on any atom is 0.0164 e. The molecule has 0 radical (unpaired) electrons. The van der Waals surface area contributed by atoms with Crippen LogP contribution < -0.4 is 0 Å². The summed E-state index contributed by atoms with van der Waals surface area (Å²) in [6, 6.07) is 0. The van der Waals surface area contributed by atoms with Gasteiger partial charge < -0.3 is 0 Å². The SMILES string of the molecule is Cc1c(C)c(C)c2c(c1C)-c1c(C)c(C)c(C)c(C)c1C2(C)C. The van der Waals surface area contributed by atoms with Crippen molar-refractivity contribution in [1.82, 2.24) is 0 Å². The van der Waals surface area contributed by atoms with E-state index in [1.54, 1.807) is 11.1 Å². The number of fused-ring (bicyclic) bond motifs is 3. The van der Waals surface area contributed by atoms with Gasteiger partial charge in [-0.05, 0) is 122 Å². The van der Waals surface area contributed by atoms with Gasteiger partial charge in [0.15, 0.2) is 0 Å². The monoisotopic (exact) mass is 306 g/mol. The van der Waals surface area contributed by atoms with Gasteiger partial charge in [0, 0.05) is 5.41 Å². The zero-order chi connectivity index (χ0) is 17.4. The van der Waals surface area contributed by atoms with E-state index in [1.165, 1.54) is 55.6 Å². The molecule has 0 saturated heterocycles. The van der Waals surface area contributed by atoms with Gasteiger partial charge in [0.25, 0.3) is 0 Å². The molecule has 0 N–H and O–H groups in total. The summed E-state index contributed by atoms with van der Waals surface area (Å²) in [5.41, 5.74) is 18.0. The Morgan fingerprint density at radius 1 is 0.391 bits per heavy atom. The third kappa shape index (κ3) is 1.78. The first-order valence-corrected chi connectivity index (χ1v) is 8.75. The third-order valence-corrected chi connectivity index (χ3v) is 6.88. The standard InChI is InChI=1S/C23H30/c1-11-13(3)17(7)21-19(15(11)5)20-16(6)12(2)14(4)18(8)22(20)23(21,9)10/h1-10H3. The summed E-state index contributed by atoms with van der Waals surface area (Å²) in [5, 5.41) is 0. The van der Waals surface area contributed by atoms with Crippen molar-refractivity contribution in [2.75, 3.05) is 0 Å². The molecule has 2 aromatic carbocycles. The molecule has 0 spiro atoms. The van der Waals surface area contributed by atoms with Crippen LogP contribution in [0.3, 0.4) is 0 Å². The van der Waals surface area contributed by atoms with Crippen molar-refractivity contribution >= 4 is 0 Å². The van der Waals surface area contributed by atoms with Gasteiger partial charge in [-0.3, -0.25) is 0 Å². The first-order chi connectivity index (χ1) is 10.5. The first-order valence-electron chi connectivity index (χ1n) is 8.75. The summed E-state index contributed by atoms with van der Waals surface area (Å²) < 4.78 is 0. The van der Waals surface area contributed by atoms with E-state index in [1.807, 2.05) is 0 Å². The molecule has 122 valence electrons. The minimum absolute atomic E-state index is 0.0886. The third-order valence-electron chi connectivity index (χ3n) is 6.88. The predicted octanol–water partition coefficient (Wildman–Crippen LogP) is 6.46. The molecular formula is C23H30. The lowest BCUT2D eigenvalue weighted by molar-refractivity contribution is 0.648. The van der Waals surface area contributed by atoms with Gasteiger partial charge in [0.2, 0.25) is 0 Å². The molecule has 0 bridgehead atoms. The second-order valence-electron chi connectivity index (χ2n) is 8.12. The van der Waals surface area contributed by atoms with E-state index in [0.29, 0.717) is 0 Å². The van der Waals surface area contributed by atoms with Crippen LogP contribution in [0.4, 0.5) is 0 Å². The van der Waals surface area contributed by atoms with Gasteiger partial charge in [0.1, 0.15) is 0 Å². The van der Waals surface area contributed by atoms with Crippen molar-refractivity contribution in [2.24, 2.45) is 0 Å². The quantitative estimate of drug-likeness (QED) is 0.524. The van der Waals surface area contributed by atoms with E-state index in [4.69, 9.17) is 0 Å². The molecule has 0 heterocycles. The molecule has 1 aliphatic rings. The molecule has 2 aromatic rings.